The van der Waals surface area contributed by atoms with Crippen LogP contribution in [-0.4, -0.2) is 25.7 Å². The summed E-state index contributed by atoms with van der Waals surface area (Å²) in [6.07, 6.45) is 2.26. The fourth-order valence-electron chi connectivity index (χ4n) is 3.29. The molecule has 1 heterocycles. The zero-order valence-electron chi connectivity index (χ0n) is 14.6. The predicted molar refractivity (Wildman–Crippen MR) is 103 cm³/mol. The van der Waals surface area contributed by atoms with Gasteiger partial charge in [-0.25, -0.2) is 9.07 Å². The van der Waals surface area contributed by atoms with Crippen molar-refractivity contribution in [3.05, 3.63) is 70.7 Å². The van der Waals surface area contributed by atoms with Gasteiger partial charge in [-0.2, -0.15) is 4.98 Å². The quantitative estimate of drug-likeness (QED) is 0.627. The van der Waals surface area contributed by atoms with Crippen LogP contribution in [0.15, 0.2) is 54.6 Å². The van der Waals surface area contributed by atoms with Crippen molar-refractivity contribution in [3.8, 4) is 11.4 Å². The second-order valence-electron chi connectivity index (χ2n) is 6.73. The maximum Gasteiger partial charge on any atom is 0.217 e. The Labute approximate surface area is 157 Å². The van der Waals surface area contributed by atoms with E-state index in [4.69, 9.17) is 12.2 Å². The van der Waals surface area contributed by atoms with E-state index >= 15 is 0 Å². The summed E-state index contributed by atoms with van der Waals surface area (Å²) in [4.78, 5) is 6.78. The number of hydrogen-bond donors (Lipinski definition) is 1. The van der Waals surface area contributed by atoms with E-state index in [1.54, 1.807) is 6.07 Å². The molecule has 4 rings (SSSR count). The molecule has 1 fully saturated rings. The third-order valence-electron chi connectivity index (χ3n) is 4.90. The molecule has 0 radical (unpaired) electrons. The van der Waals surface area contributed by atoms with Gasteiger partial charge in [0.1, 0.15) is 5.82 Å². The van der Waals surface area contributed by atoms with E-state index in [1.807, 2.05) is 47.1 Å². The van der Waals surface area contributed by atoms with E-state index in [9.17, 15) is 4.39 Å². The van der Waals surface area contributed by atoms with Crippen molar-refractivity contribution in [1.82, 2.24) is 19.7 Å². The van der Waals surface area contributed by atoms with Gasteiger partial charge in [-0.15, -0.1) is 0 Å². The first-order chi connectivity index (χ1) is 12.6. The van der Waals surface area contributed by atoms with Crippen molar-refractivity contribution in [3.63, 3.8) is 0 Å². The first-order valence-corrected chi connectivity index (χ1v) is 9.27. The molecule has 0 saturated heterocycles. The molecule has 0 aliphatic heterocycles. The van der Waals surface area contributed by atoms with Crippen LogP contribution in [0.5, 0.6) is 0 Å². The number of H-pyrrole nitrogens is 1. The Bertz CT molecular complexity index is 946. The standard InChI is InChI=1S/C20H21FN4S/c1-14(17-9-5-6-10-18(17)21)24(16-11-12-16)13-25-20(26)22-19(23-25)15-7-3-2-4-8-15/h2-10,14,16H,11-13H2,1H3,(H,22,23,26)/t14-/m0/s1. The molecule has 0 bridgehead atoms. The first-order valence-electron chi connectivity index (χ1n) is 8.86. The summed E-state index contributed by atoms with van der Waals surface area (Å²) in [6.45, 7) is 2.62. The molecule has 134 valence electrons. The van der Waals surface area contributed by atoms with Crippen LogP contribution in [-0.2, 0) is 6.67 Å². The second-order valence-corrected chi connectivity index (χ2v) is 7.10. The summed E-state index contributed by atoms with van der Waals surface area (Å²) in [5, 5.41) is 3.30. The number of rotatable bonds is 6. The normalized spacial score (nSPS) is 15.3. The molecule has 26 heavy (non-hydrogen) atoms. The molecule has 1 aliphatic rings. The molecule has 6 heteroatoms. The topological polar surface area (TPSA) is 36.9 Å². The van der Waals surface area contributed by atoms with E-state index < -0.39 is 0 Å². The number of benzene rings is 2. The van der Waals surface area contributed by atoms with Gasteiger partial charge in [0.25, 0.3) is 0 Å². The molecule has 1 aliphatic carbocycles. The number of aromatic amines is 1. The number of hydrogen-bond acceptors (Lipinski definition) is 3. The molecule has 0 unspecified atom stereocenters. The zero-order valence-corrected chi connectivity index (χ0v) is 15.4. The first kappa shape index (κ1) is 17.1. The fourth-order valence-corrected chi connectivity index (χ4v) is 3.49. The van der Waals surface area contributed by atoms with Crippen LogP contribution in [0.3, 0.4) is 0 Å². The van der Waals surface area contributed by atoms with Gasteiger partial charge in [0.2, 0.25) is 4.77 Å². The predicted octanol–water partition coefficient (Wildman–Crippen LogP) is 4.93. The zero-order chi connectivity index (χ0) is 18.1. The summed E-state index contributed by atoms with van der Waals surface area (Å²) < 4.78 is 16.6. The lowest BCUT2D eigenvalue weighted by molar-refractivity contribution is 0.140. The van der Waals surface area contributed by atoms with Crippen LogP contribution < -0.4 is 0 Å². The van der Waals surface area contributed by atoms with Crippen molar-refractivity contribution >= 4 is 12.2 Å². The van der Waals surface area contributed by atoms with Gasteiger partial charge in [-0.3, -0.25) is 10.00 Å². The Morgan fingerprint density at radius 1 is 1.19 bits per heavy atom. The number of nitrogens with one attached hydrogen (secondary N) is 1. The summed E-state index contributed by atoms with van der Waals surface area (Å²) in [5.74, 6) is 0.591. The smallest absolute Gasteiger partial charge is 0.217 e. The van der Waals surface area contributed by atoms with Crippen molar-refractivity contribution in [2.75, 3.05) is 0 Å². The molecular weight excluding hydrogens is 347 g/mol. The summed E-state index contributed by atoms with van der Waals surface area (Å²) in [5.41, 5.74) is 1.71. The SMILES string of the molecule is C[C@@H](c1ccccc1F)N(Cn1[nH]c(-c2ccccc2)nc1=S)C1CC1. The Hall–Kier alpha value is -2.31. The average molecular weight is 368 g/mol. The molecule has 4 nitrogen and oxygen atoms in total. The largest absolute Gasteiger partial charge is 0.278 e. The van der Waals surface area contributed by atoms with Gasteiger partial charge < -0.3 is 0 Å². The molecule has 0 spiro atoms. The van der Waals surface area contributed by atoms with E-state index in [0.29, 0.717) is 23.0 Å². The Kier molecular flexibility index (Phi) is 4.70. The summed E-state index contributed by atoms with van der Waals surface area (Å²) >= 11 is 5.45. The molecule has 2 aromatic carbocycles. The maximum atomic E-state index is 14.3. The molecule has 3 aromatic rings. The van der Waals surface area contributed by atoms with Crippen molar-refractivity contribution < 1.29 is 4.39 Å². The number of aromatic nitrogens is 3. The van der Waals surface area contributed by atoms with Crippen LogP contribution in [0, 0.1) is 10.6 Å². The lowest BCUT2D eigenvalue weighted by atomic mass is 10.1. The van der Waals surface area contributed by atoms with Crippen molar-refractivity contribution in [2.24, 2.45) is 0 Å². The Balaban J connectivity index is 1.61. The lowest BCUT2D eigenvalue weighted by Gasteiger charge is -2.29. The lowest BCUT2D eigenvalue weighted by Crippen LogP contribution is -2.32. The Morgan fingerprint density at radius 2 is 1.88 bits per heavy atom. The number of halogens is 1. The summed E-state index contributed by atoms with van der Waals surface area (Å²) in [6, 6.07) is 17.3. The fraction of sp³-hybridized carbons (Fsp3) is 0.300. The van der Waals surface area contributed by atoms with Crippen LogP contribution in [0.4, 0.5) is 4.39 Å². The highest BCUT2D eigenvalue weighted by Gasteiger charge is 2.34. The molecule has 1 atom stereocenters. The van der Waals surface area contributed by atoms with Crippen LogP contribution >= 0.6 is 12.2 Å². The van der Waals surface area contributed by atoms with Gasteiger partial charge in [0, 0.05) is 23.2 Å². The third-order valence-corrected chi connectivity index (χ3v) is 5.21. The van der Waals surface area contributed by atoms with E-state index in [-0.39, 0.29) is 11.9 Å². The van der Waals surface area contributed by atoms with E-state index in [0.717, 1.165) is 24.2 Å². The minimum absolute atomic E-state index is 0.0333. The van der Waals surface area contributed by atoms with Crippen LogP contribution in [0.25, 0.3) is 11.4 Å². The van der Waals surface area contributed by atoms with Crippen LogP contribution in [0.1, 0.15) is 31.4 Å². The van der Waals surface area contributed by atoms with E-state index in [2.05, 4.69) is 21.9 Å². The minimum Gasteiger partial charge on any atom is -0.278 e. The van der Waals surface area contributed by atoms with Gasteiger partial charge in [0.15, 0.2) is 5.82 Å². The highest BCUT2D eigenvalue weighted by Crippen LogP contribution is 2.35. The van der Waals surface area contributed by atoms with Gasteiger partial charge in [-0.1, -0.05) is 48.5 Å². The third kappa shape index (κ3) is 3.48. The van der Waals surface area contributed by atoms with Gasteiger partial charge in [-0.05, 0) is 38.0 Å². The highest BCUT2D eigenvalue weighted by atomic mass is 32.1. The maximum absolute atomic E-state index is 14.3. The monoisotopic (exact) mass is 368 g/mol. The Morgan fingerprint density at radius 3 is 2.58 bits per heavy atom. The highest BCUT2D eigenvalue weighted by molar-refractivity contribution is 7.71. The van der Waals surface area contributed by atoms with Crippen LogP contribution in [0.2, 0.25) is 0 Å². The average Bonchev–Trinajstić information content (AvgIpc) is 3.43. The molecule has 0 amide bonds. The van der Waals surface area contributed by atoms with Gasteiger partial charge >= 0.3 is 0 Å². The number of nitrogens with zero attached hydrogens (tertiary/aromatic N) is 3. The minimum atomic E-state index is -0.163. The van der Waals surface area contributed by atoms with Crippen molar-refractivity contribution in [1.29, 1.82) is 0 Å². The van der Waals surface area contributed by atoms with Gasteiger partial charge in [0.05, 0.1) is 6.67 Å². The molecule has 1 saturated carbocycles. The second kappa shape index (κ2) is 7.13. The van der Waals surface area contributed by atoms with E-state index in [1.165, 1.54) is 6.07 Å². The van der Waals surface area contributed by atoms with Crippen molar-refractivity contribution in [2.45, 2.75) is 38.5 Å². The molecule has 1 aromatic heterocycles. The summed E-state index contributed by atoms with van der Waals surface area (Å²) in [7, 11) is 0. The molecular formula is C20H21FN4S. The molecule has 1 N–H and O–H groups in total.